The average Bonchev–Trinajstić information content (AvgIpc) is 2.83. The summed E-state index contributed by atoms with van der Waals surface area (Å²) in [6.45, 7) is 0.504. The van der Waals surface area contributed by atoms with Crippen LogP contribution in [0.5, 0.6) is 11.5 Å². The smallest absolute Gasteiger partial charge is 0.248 e. The van der Waals surface area contributed by atoms with E-state index in [1.165, 1.54) is 0 Å². The number of nitrogens with two attached hydrogens (primary N) is 1. The lowest BCUT2D eigenvalue weighted by Gasteiger charge is -2.25. The van der Waals surface area contributed by atoms with Crippen LogP contribution in [-0.4, -0.2) is 29.6 Å². The molecule has 32 heavy (non-hydrogen) atoms. The van der Waals surface area contributed by atoms with Gasteiger partial charge in [0.25, 0.3) is 0 Å². The van der Waals surface area contributed by atoms with E-state index in [1.54, 1.807) is 19.2 Å². The number of nitrogens with zero attached hydrogens (tertiary/aromatic N) is 2. The summed E-state index contributed by atoms with van der Waals surface area (Å²) in [6.07, 6.45) is 0.762. The largest absolute Gasteiger partial charge is 0.497 e. The Bertz CT molecular complexity index is 1300. The Morgan fingerprint density at radius 2 is 1.91 bits per heavy atom. The number of anilines is 2. The SMILES string of the molecule is COc1ccc2c(c1)CC(c1nc(Nc3ccc(C(N)=O)cc3)c3ccccc3n1)CO2. The van der Waals surface area contributed by atoms with Gasteiger partial charge in [0, 0.05) is 16.6 Å². The molecule has 1 aromatic heterocycles. The second-order valence-electron chi connectivity index (χ2n) is 7.70. The molecule has 1 aliphatic rings. The van der Waals surface area contributed by atoms with E-state index in [0.717, 1.165) is 40.1 Å². The molecule has 160 valence electrons. The third-order valence-electron chi connectivity index (χ3n) is 5.59. The Balaban J connectivity index is 1.50. The van der Waals surface area contributed by atoms with E-state index >= 15 is 0 Å². The highest BCUT2D eigenvalue weighted by atomic mass is 16.5. The van der Waals surface area contributed by atoms with E-state index < -0.39 is 5.91 Å². The van der Waals surface area contributed by atoms with Crippen molar-refractivity contribution in [2.75, 3.05) is 19.0 Å². The molecule has 1 unspecified atom stereocenters. The van der Waals surface area contributed by atoms with Crippen LogP contribution in [0.25, 0.3) is 10.9 Å². The van der Waals surface area contributed by atoms with Gasteiger partial charge < -0.3 is 20.5 Å². The summed E-state index contributed by atoms with van der Waals surface area (Å²) < 4.78 is 11.4. The van der Waals surface area contributed by atoms with Crippen molar-refractivity contribution in [2.45, 2.75) is 12.3 Å². The van der Waals surface area contributed by atoms with Crippen LogP contribution in [0.1, 0.15) is 27.7 Å². The van der Waals surface area contributed by atoms with E-state index in [4.69, 9.17) is 25.2 Å². The van der Waals surface area contributed by atoms with Crippen molar-refractivity contribution in [3.8, 4) is 11.5 Å². The molecule has 1 aliphatic heterocycles. The second-order valence-corrected chi connectivity index (χ2v) is 7.70. The first-order chi connectivity index (χ1) is 15.6. The number of carbonyl (C=O) groups is 1. The van der Waals surface area contributed by atoms with Crippen molar-refractivity contribution in [1.29, 1.82) is 0 Å². The fraction of sp³-hybridized carbons (Fsp3) is 0.160. The first kappa shape index (κ1) is 19.8. The van der Waals surface area contributed by atoms with Gasteiger partial charge in [-0.15, -0.1) is 0 Å². The van der Waals surface area contributed by atoms with Crippen molar-refractivity contribution in [1.82, 2.24) is 9.97 Å². The standard InChI is InChI=1S/C25H22N4O3/c1-31-19-10-11-22-16(13-19)12-17(14-32-22)24-28-21-5-3-2-4-20(21)25(29-24)27-18-8-6-15(7-9-18)23(26)30/h2-11,13,17H,12,14H2,1H3,(H2,26,30)(H,27,28,29). The molecule has 0 saturated carbocycles. The lowest BCUT2D eigenvalue weighted by atomic mass is 9.95. The van der Waals surface area contributed by atoms with E-state index in [9.17, 15) is 4.79 Å². The molecule has 0 fully saturated rings. The minimum absolute atomic E-state index is 0.0111. The minimum atomic E-state index is -0.458. The normalized spacial score (nSPS) is 15.0. The maximum absolute atomic E-state index is 11.4. The van der Waals surface area contributed by atoms with Crippen molar-refractivity contribution in [3.63, 3.8) is 0 Å². The van der Waals surface area contributed by atoms with Gasteiger partial charge in [-0.3, -0.25) is 4.79 Å². The summed E-state index contributed by atoms with van der Waals surface area (Å²) >= 11 is 0. The number of hydrogen-bond donors (Lipinski definition) is 2. The molecule has 0 radical (unpaired) electrons. The zero-order valence-electron chi connectivity index (χ0n) is 17.5. The Morgan fingerprint density at radius 3 is 2.69 bits per heavy atom. The molecule has 1 amide bonds. The third kappa shape index (κ3) is 3.80. The predicted octanol–water partition coefficient (Wildman–Crippen LogP) is 4.20. The fourth-order valence-corrected chi connectivity index (χ4v) is 3.89. The van der Waals surface area contributed by atoms with Gasteiger partial charge in [-0.05, 0) is 66.6 Å². The lowest BCUT2D eigenvalue weighted by Crippen LogP contribution is -2.21. The molecule has 3 aromatic carbocycles. The number of hydrogen-bond acceptors (Lipinski definition) is 6. The number of benzene rings is 3. The summed E-state index contributed by atoms with van der Waals surface area (Å²) in [5.74, 6) is 2.64. The maximum Gasteiger partial charge on any atom is 0.248 e. The zero-order chi connectivity index (χ0) is 22.1. The van der Waals surface area contributed by atoms with Crippen molar-refractivity contribution < 1.29 is 14.3 Å². The van der Waals surface area contributed by atoms with Gasteiger partial charge in [-0.2, -0.15) is 0 Å². The molecule has 0 bridgehead atoms. The number of fused-ring (bicyclic) bond motifs is 2. The molecule has 0 aliphatic carbocycles. The minimum Gasteiger partial charge on any atom is -0.497 e. The number of methoxy groups -OCH3 is 1. The van der Waals surface area contributed by atoms with Crippen LogP contribution >= 0.6 is 0 Å². The summed E-state index contributed by atoms with van der Waals surface area (Å²) in [4.78, 5) is 21.1. The Morgan fingerprint density at radius 1 is 1.09 bits per heavy atom. The van der Waals surface area contributed by atoms with Crippen LogP contribution in [-0.2, 0) is 6.42 Å². The van der Waals surface area contributed by atoms with Crippen LogP contribution in [0.15, 0.2) is 66.7 Å². The number of primary amides is 1. The molecule has 2 heterocycles. The number of amides is 1. The van der Waals surface area contributed by atoms with Gasteiger partial charge >= 0.3 is 0 Å². The van der Waals surface area contributed by atoms with Crippen LogP contribution in [0.2, 0.25) is 0 Å². The monoisotopic (exact) mass is 426 g/mol. The fourth-order valence-electron chi connectivity index (χ4n) is 3.89. The highest BCUT2D eigenvalue weighted by Gasteiger charge is 2.25. The Hall–Kier alpha value is -4.13. The van der Waals surface area contributed by atoms with Crippen LogP contribution < -0.4 is 20.5 Å². The van der Waals surface area contributed by atoms with Crippen molar-refractivity contribution in [2.24, 2.45) is 5.73 Å². The van der Waals surface area contributed by atoms with Crippen LogP contribution in [0.3, 0.4) is 0 Å². The highest BCUT2D eigenvalue weighted by molar-refractivity contribution is 5.94. The average molecular weight is 426 g/mol. The van der Waals surface area contributed by atoms with Crippen molar-refractivity contribution >= 4 is 28.3 Å². The highest BCUT2D eigenvalue weighted by Crippen LogP contribution is 2.35. The molecular formula is C25H22N4O3. The van der Waals surface area contributed by atoms with E-state index in [1.807, 2.05) is 54.6 Å². The molecule has 3 N–H and O–H groups in total. The summed E-state index contributed by atoms with van der Waals surface area (Å²) in [6, 6.07) is 20.7. The van der Waals surface area contributed by atoms with E-state index in [2.05, 4.69) is 5.32 Å². The van der Waals surface area contributed by atoms with Gasteiger partial charge in [-0.1, -0.05) is 12.1 Å². The molecule has 1 atom stereocenters. The van der Waals surface area contributed by atoms with Crippen molar-refractivity contribution in [3.05, 3.63) is 83.7 Å². The quantitative estimate of drug-likeness (QED) is 0.496. The number of aromatic nitrogens is 2. The topological polar surface area (TPSA) is 99.4 Å². The van der Waals surface area contributed by atoms with Gasteiger partial charge in [0.1, 0.15) is 23.1 Å². The van der Waals surface area contributed by atoms with Gasteiger partial charge in [0.2, 0.25) is 5.91 Å². The Labute approximate surface area is 185 Å². The molecule has 5 rings (SSSR count). The molecule has 4 aromatic rings. The van der Waals surface area contributed by atoms with E-state index in [-0.39, 0.29) is 5.92 Å². The first-order valence-electron chi connectivity index (χ1n) is 10.3. The van der Waals surface area contributed by atoms with Crippen LogP contribution in [0, 0.1) is 0 Å². The summed E-state index contributed by atoms with van der Waals surface area (Å²) in [5.41, 5.74) is 8.54. The molecular weight excluding hydrogens is 404 g/mol. The van der Waals surface area contributed by atoms with Gasteiger partial charge in [-0.25, -0.2) is 9.97 Å². The third-order valence-corrected chi connectivity index (χ3v) is 5.59. The van der Waals surface area contributed by atoms with Gasteiger partial charge in [0.05, 0.1) is 25.2 Å². The number of carbonyl (C=O) groups excluding carboxylic acids is 1. The zero-order valence-corrected chi connectivity index (χ0v) is 17.5. The van der Waals surface area contributed by atoms with Crippen LogP contribution in [0.4, 0.5) is 11.5 Å². The Kier molecular flexibility index (Phi) is 5.07. The molecule has 7 nitrogen and oxygen atoms in total. The molecule has 7 heteroatoms. The number of rotatable bonds is 5. The second kappa shape index (κ2) is 8.19. The maximum atomic E-state index is 11.4. The summed E-state index contributed by atoms with van der Waals surface area (Å²) in [5, 5.41) is 4.28. The number of para-hydroxylation sites is 1. The molecule has 0 spiro atoms. The molecule has 0 saturated heterocycles. The van der Waals surface area contributed by atoms with Gasteiger partial charge in [0.15, 0.2) is 0 Å². The van der Waals surface area contributed by atoms with E-state index in [0.29, 0.717) is 23.8 Å². The number of ether oxygens (including phenoxy) is 2. The summed E-state index contributed by atoms with van der Waals surface area (Å²) in [7, 11) is 1.66. The first-order valence-corrected chi connectivity index (χ1v) is 10.3. The predicted molar refractivity (Wildman–Crippen MR) is 123 cm³/mol. The number of nitrogens with one attached hydrogen (secondary N) is 1. The lowest BCUT2D eigenvalue weighted by molar-refractivity contribution is 0.100.